The first-order valence-electron chi connectivity index (χ1n) is 45.3. The average Bonchev–Trinajstić information content (AvgIpc) is 0.803. The highest BCUT2D eigenvalue weighted by Crippen LogP contribution is 2.57. The first kappa shape index (κ1) is 75.0. The van der Waals surface area contributed by atoms with E-state index >= 15 is 0 Å². The number of rotatable bonds is 12. The molecule has 620 valence electrons. The molecule has 0 aliphatic heterocycles. The van der Waals surface area contributed by atoms with E-state index in [-0.39, 0.29) is 0 Å². The van der Waals surface area contributed by atoms with Gasteiger partial charge in [-0.15, -0.1) is 0 Å². The van der Waals surface area contributed by atoms with Crippen molar-refractivity contribution in [3.05, 3.63) is 435 Å². The Hall–Kier alpha value is -17.2. The second-order valence-corrected chi connectivity index (χ2v) is 35.3. The Kier molecular flexibility index (Phi) is 16.6. The fraction of sp³-hybridized carbons (Fsp3) is 0.0323. The van der Waals surface area contributed by atoms with Gasteiger partial charge in [-0.25, -0.2) is 0 Å². The van der Waals surface area contributed by atoms with E-state index in [0.717, 1.165) is 156 Å². The number of furan rings is 4. The predicted octanol–water partition coefficient (Wildman–Crippen LogP) is 36.5. The average molecular weight is 1690 g/mol. The van der Waals surface area contributed by atoms with E-state index in [9.17, 15) is 0 Å². The molecular weight excluding hydrogens is 1610 g/mol. The Morgan fingerprint density at radius 1 is 0.144 bits per heavy atom. The van der Waals surface area contributed by atoms with Crippen LogP contribution in [0.5, 0.6) is 0 Å². The molecule has 0 saturated carbocycles. The van der Waals surface area contributed by atoms with Crippen LogP contribution in [0.2, 0.25) is 0 Å². The van der Waals surface area contributed by atoms with Crippen molar-refractivity contribution in [1.82, 2.24) is 0 Å². The molecule has 28 rings (SSSR count). The molecule has 4 aromatic heterocycles. The van der Waals surface area contributed by atoms with Crippen LogP contribution >= 0.6 is 0 Å². The monoisotopic (exact) mass is 1690 g/mol. The van der Waals surface area contributed by atoms with Crippen LogP contribution in [0, 0.1) is 27.7 Å². The van der Waals surface area contributed by atoms with Crippen LogP contribution in [-0.2, 0) is 0 Å². The molecule has 28 aromatic rings. The Balaban J connectivity index is 0.000000135. The molecule has 0 fully saturated rings. The number of anilines is 12. The number of para-hydroxylation sites is 8. The summed E-state index contributed by atoms with van der Waals surface area (Å²) in [5, 5.41) is 33.2. The highest BCUT2D eigenvalue weighted by molar-refractivity contribution is 6.34. The van der Waals surface area contributed by atoms with Crippen molar-refractivity contribution in [2.75, 3.05) is 19.6 Å². The Labute approximate surface area is 758 Å². The summed E-state index contributed by atoms with van der Waals surface area (Å²) in [6, 6.07) is 149. The molecule has 8 nitrogen and oxygen atoms in total. The summed E-state index contributed by atoms with van der Waals surface area (Å²) in [7, 11) is 0. The van der Waals surface area contributed by atoms with Crippen molar-refractivity contribution in [2.45, 2.75) is 27.7 Å². The van der Waals surface area contributed by atoms with Gasteiger partial charge in [0, 0.05) is 87.4 Å². The van der Waals surface area contributed by atoms with Gasteiger partial charge in [0.05, 0.1) is 45.5 Å². The molecule has 0 unspecified atom stereocenters. The molecular formula is C124H80N4O4. The highest BCUT2D eigenvalue weighted by atomic mass is 16.3. The first-order chi connectivity index (χ1) is 65.2. The second kappa shape index (κ2) is 29.2. The number of aryl methyl sites for hydroxylation is 4. The van der Waals surface area contributed by atoms with Crippen LogP contribution in [0.4, 0.5) is 68.2 Å². The molecule has 4 heterocycles. The van der Waals surface area contributed by atoms with Gasteiger partial charge in [-0.2, -0.15) is 0 Å². The molecule has 132 heavy (non-hydrogen) atoms. The van der Waals surface area contributed by atoms with Crippen LogP contribution in [0.1, 0.15) is 22.3 Å². The van der Waals surface area contributed by atoms with Crippen LogP contribution in [0.25, 0.3) is 195 Å². The van der Waals surface area contributed by atoms with Gasteiger partial charge < -0.3 is 37.3 Å². The zero-order valence-electron chi connectivity index (χ0n) is 72.7. The van der Waals surface area contributed by atoms with Crippen molar-refractivity contribution < 1.29 is 17.7 Å². The molecule has 0 bridgehead atoms. The summed E-state index contributed by atoms with van der Waals surface area (Å²) in [5.41, 5.74) is 24.4. The molecule has 0 atom stereocenters. The van der Waals surface area contributed by atoms with Gasteiger partial charge in [-0.3, -0.25) is 0 Å². The molecule has 0 aliphatic rings. The van der Waals surface area contributed by atoms with Crippen LogP contribution in [-0.4, -0.2) is 0 Å². The topological polar surface area (TPSA) is 65.5 Å². The number of nitrogens with zero attached hydrogens (tertiary/aromatic N) is 4. The van der Waals surface area contributed by atoms with Gasteiger partial charge in [-0.05, 0) is 270 Å². The fourth-order valence-corrected chi connectivity index (χ4v) is 22.3. The van der Waals surface area contributed by atoms with Crippen molar-refractivity contribution in [1.29, 1.82) is 0 Å². The largest absolute Gasteiger partial charge is 0.454 e. The maximum Gasteiger partial charge on any atom is 0.159 e. The van der Waals surface area contributed by atoms with E-state index in [0.29, 0.717) is 0 Å². The predicted molar refractivity (Wildman–Crippen MR) is 557 cm³/mol. The van der Waals surface area contributed by atoms with Gasteiger partial charge in [0.1, 0.15) is 22.3 Å². The van der Waals surface area contributed by atoms with E-state index in [4.69, 9.17) is 17.7 Å². The lowest BCUT2D eigenvalue weighted by atomic mass is 9.87. The third kappa shape index (κ3) is 11.2. The van der Waals surface area contributed by atoms with Crippen LogP contribution in [0.3, 0.4) is 0 Å². The maximum atomic E-state index is 6.93. The molecule has 0 N–H and O–H groups in total. The van der Waals surface area contributed by atoms with Crippen molar-refractivity contribution >= 4 is 264 Å². The Morgan fingerprint density at radius 2 is 0.394 bits per heavy atom. The molecule has 0 saturated heterocycles. The minimum Gasteiger partial charge on any atom is -0.454 e. The normalized spacial score (nSPS) is 12.1. The molecule has 0 radical (unpaired) electrons. The number of hydrogen-bond donors (Lipinski definition) is 0. The van der Waals surface area contributed by atoms with Gasteiger partial charge in [0.25, 0.3) is 0 Å². The summed E-state index contributed by atoms with van der Waals surface area (Å²) in [6.07, 6.45) is 0. The molecule has 0 amide bonds. The lowest BCUT2D eigenvalue weighted by Crippen LogP contribution is -2.12. The molecule has 0 aliphatic carbocycles. The number of hydrogen-bond acceptors (Lipinski definition) is 8. The van der Waals surface area contributed by atoms with Crippen molar-refractivity contribution in [3.8, 4) is 0 Å². The standard InChI is InChI=1S/2C62H40N2O2/c1-37-35-49-51(63(41-17-5-3-6-18-41)53-25-13-23-47-57-45-21-11-9-15-39(45)27-33-55(57)65-61(47)53)32-30-44-38(2)36-50-52(31-29-43(37)59(50)60(44)49)64(42-19-7-4-8-20-42)54-26-14-24-48-58-46-22-12-10-16-40(46)28-34-56(58)66-62(48)54;1-37-35-41-27-32-50(64(44-19-7-4-8-20-44)52-26-14-24-48-60-46-22-12-10-16-40(46)30-34-54(60)66-62(48)52)56-38(2)36-42-28-31-49(55(37)57(42)58(41)56)63(43-17-5-3-6-18-43)51-25-13-23-47-59-45-21-11-9-15-39(45)29-33-53(59)65-61(47)51/h2*3-36H,1-2H3. The summed E-state index contributed by atoms with van der Waals surface area (Å²) in [4.78, 5) is 9.61. The Morgan fingerprint density at radius 3 is 0.689 bits per heavy atom. The van der Waals surface area contributed by atoms with E-state index in [1.165, 1.54) is 130 Å². The summed E-state index contributed by atoms with van der Waals surface area (Å²) in [5.74, 6) is 0. The molecule has 0 spiro atoms. The lowest BCUT2D eigenvalue weighted by molar-refractivity contribution is 0.669. The lowest BCUT2D eigenvalue weighted by Gasteiger charge is -2.30. The van der Waals surface area contributed by atoms with Gasteiger partial charge in [0.2, 0.25) is 0 Å². The van der Waals surface area contributed by atoms with Gasteiger partial charge in [0.15, 0.2) is 22.3 Å². The third-order valence-corrected chi connectivity index (χ3v) is 27.9. The minimum atomic E-state index is 0.861. The number of fused-ring (bicyclic) bond motifs is 20. The Bertz CT molecular complexity index is 9070. The van der Waals surface area contributed by atoms with Crippen LogP contribution in [0.15, 0.2) is 430 Å². The highest BCUT2D eigenvalue weighted by Gasteiger charge is 2.32. The summed E-state index contributed by atoms with van der Waals surface area (Å²) >= 11 is 0. The maximum absolute atomic E-state index is 6.93. The minimum absolute atomic E-state index is 0.861. The number of benzene rings is 24. The molecule has 8 heteroatoms. The van der Waals surface area contributed by atoms with E-state index < -0.39 is 0 Å². The first-order valence-corrected chi connectivity index (χ1v) is 45.3. The second-order valence-electron chi connectivity index (χ2n) is 35.3. The van der Waals surface area contributed by atoms with E-state index in [1.54, 1.807) is 0 Å². The quantitative estimate of drug-likeness (QED) is 0.112. The van der Waals surface area contributed by atoms with Crippen molar-refractivity contribution in [2.24, 2.45) is 0 Å². The third-order valence-electron chi connectivity index (χ3n) is 27.9. The van der Waals surface area contributed by atoms with E-state index in [1.807, 2.05) is 0 Å². The van der Waals surface area contributed by atoms with Gasteiger partial charge >= 0.3 is 0 Å². The summed E-state index contributed by atoms with van der Waals surface area (Å²) in [6.45, 7) is 9.04. The fourth-order valence-electron chi connectivity index (χ4n) is 22.3. The smallest absolute Gasteiger partial charge is 0.159 e. The SMILES string of the molecule is Cc1cc2c(N(c3ccccc3)c3cccc4c3oc3ccc5ccccc5c34)ccc3c(C)cc4c(N(c5ccccc5)c5cccc6c5oc5ccc7ccccc7c56)ccc1c4c32.Cc1cc2ccc(N(c3ccccc3)c3cccc4c3oc3ccc5ccccc5c34)c3c(C)cc4ccc(N(c5ccccc5)c5cccc6c5oc5ccc7ccccc7c56)c1c4c23. The summed E-state index contributed by atoms with van der Waals surface area (Å²) < 4.78 is 27.7. The van der Waals surface area contributed by atoms with Gasteiger partial charge in [-0.1, -0.05) is 279 Å². The van der Waals surface area contributed by atoms with E-state index in [2.05, 4.69) is 460 Å². The van der Waals surface area contributed by atoms with Crippen LogP contribution < -0.4 is 19.6 Å². The molecule has 24 aromatic carbocycles. The zero-order valence-corrected chi connectivity index (χ0v) is 72.7. The zero-order chi connectivity index (χ0) is 87.2. The van der Waals surface area contributed by atoms with Crippen molar-refractivity contribution in [3.63, 3.8) is 0 Å².